The van der Waals surface area contributed by atoms with Crippen molar-refractivity contribution in [2.24, 2.45) is 0 Å². The molecular formula is C21H22N4O3. The highest BCUT2D eigenvalue weighted by Crippen LogP contribution is 2.17. The average Bonchev–Trinajstić information content (AvgIpc) is 3.07. The van der Waals surface area contributed by atoms with E-state index in [0.717, 1.165) is 23.2 Å². The zero-order chi connectivity index (χ0) is 19.5. The molecule has 7 nitrogen and oxygen atoms in total. The fourth-order valence-electron chi connectivity index (χ4n) is 3.49. The molecule has 144 valence electrons. The third kappa shape index (κ3) is 3.55. The van der Waals surface area contributed by atoms with Crippen molar-refractivity contribution in [3.63, 3.8) is 0 Å². The molecule has 0 spiro atoms. The number of amides is 2. The quantitative estimate of drug-likeness (QED) is 0.760. The number of nitrogens with one attached hydrogen (secondary N) is 1. The van der Waals surface area contributed by atoms with Gasteiger partial charge in [0.05, 0.1) is 24.5 Å². The Morgan fingerprint density at radius 1 is 0.929 bits per heavy atom. The summed E-state index contributed by atoms with van der Waals surface area (Å²) in [6.45, 7) is 2.30. The van der Waals surface area contributed by atoms with E-state index in [2.05, 4.69) is 9.97 Å². The number of hydrogen-bond acceptors (Lipinski definition) is 4. The van der Waals surface area contributed by atoms with E-state index >= 15 is 0 Å². The highest BCUT2D eigenvalue weighted by Gasteiger charge is 2.23. The van der Waals surface area contributed by atoms with Gasteiger partial charge in [-0.05, 0) is 48.9 Å². The van der Waals surface area contributed by atoms with E-state index in [1.54, 1.807) is 43.8 Å². The van der Waals surface area contributed by atoms with Gasteiger partial charge in [-0.25, -0.2) is 4.98 Å². The van der Waals surface area contributed by atoms with Gasteiger partial charge in [-0.2, -0.15) is 0 Å². The van der Waals surface area contributed by atoms with Crippen LogP contribution in [0.4, 0.5) is 0 Å². The third-order valence-electron chi connectivity index (χ3n) is 5.07. The van der Waals surface area contributed by atoms with E-state index < -0.39 is 0 Å². The zero-order valence-electron chi connectivity index (χ0n) is 15.7. The fourth-order valence-corrected chi connectivity index (χ4v) is 3.49. The molecule has 0 radical (unpaired) electrons. The van der Waals surface area contributed by atoms with E-state index in [-0.39, 0.29) is 11.8 Å². The van der Waals surface area contributed by atoms with E-state index in [0.29, 0.717) is 37.3 Å². The maximum atomic E-state index is 12.9. The summed E-state index contributed by atoms with van der Waals surface area (Å²) in [4.78, 5) is 36.5. The predicted molar refractivity (Wildman–Crippen MR) is 106 cm³/mol. The lowest BCUT2D eigenvalue weighted by Crippen LogP contribution is -2.37. The Morgan fingerprint density at radius 2 is 1.57 bits per heavy atom. The molecule has 2 aromatic carbocycles. The topological polar surface area (TPSA) is 78.5 Å². The Bertz CT molecular complexity index is 996. The Balaban J connectivity index is 1.43. The largest absolute Gasteiger partial charge is 0.497 e. The molecule has 0 bridgehead atoms. The van der Waals surface area contributed by atoms with Crippen LogP contribution in [0.3, 0.4) is 0 Å². The van der Waals surface area contributed by atoms with Crippen molar-refractivity contribution in [1.82, 2.24) is 19.8 Å². The number of fused-ring (bicyclic) bond motifs is 1. The van der Waals surface area contributed by atoms with E-state index in [1.807, 2.05) is 21.9 Å². The van der Waals surface area contributed by atoms with Crippen molar-refractivity contribution in [1.29, 1.82) is 0 Å². The van der Waals surface area contributed by atoms with Crippen LogP contribution >= 0.6 is 0 Å². The van der Waals surface area contributed by atoms with Crippen molar-refractivity contribution in [2.75, 3.05) is 33.3 Å². The molecule has 2 heterocycles. The number of methoxy groups -OCH3 is 1. The van der Waals surface area contributed by atoms with Gasteiger partial charge < -0.3 is 19.5 Å². The minimum atomic E-state index is -0.0183. The standard InChI is InChI=1S/C21H22N4O3/c1-28-17-6-3-15(4-7-17)20(26)24-9-2-10-25(12-11-24)21(27)16-5-8-18-19(13-16)23-14-22-18/h3-8,13-14H,2,9-12H2,1H3,(H,22,23). The van der Waals surface area contributed by atoms with Gasteiger partial charge in [0.25, 0.3) is 11.8 Å². The van der Waals surface area contributed by atoms with Crippen molar-refractivity contribution >= 4 is 22.8 Å². The molecule has 1 aromatic heterocycles. The second kappa shape index (κ2) is 7.72. The van der Waals surface area contributed by atoms with Gasteiger partial charge in [0, 0.05) is 37.3 Å². The van der Waals surface area contributed by atoms with Crippen LogP contribution in [0, 0.1) is 0 Å². The first-order valence-corrected chi connectivity index (χ1v) is 9.31. The first-order valence-electron chi connectivity index (χ1n) is 9.31. The van der Waals surface area contributed by atoms with Crippen LogP contribution < -0.4 is 4.74 Å². The van der Waals surface area contributed by atoms with Crippen molar-refractivity contribution in [2.45, 2.75) is 6.42 Å². The van der Waals surface area contributed by atoms with E-state index in [4.69, 9.17) is 4.74 Å². The van der Waals surface area contributed by atoms with Crippen molar-refractivity contribution in [3.8, 4) is 5.75 Å². The number of hydrogen-bond donors (Lipinski definition) is 1. The highest BCUT2D eigenvalue weighted by molar-refractivity contribution is 5.97. The number of rotatable bonds is 3. The normalized spacial score (nSPS) is 14.8. The van der Waals surface area contributed by atoms with Gasteiger partial charge in [-0.3, -0.25) is 9.59 Å². The van der Waals surface area contributed by atoms with Crippen LogP contribution in [0.1, 0.15) is 27.1 Å². The van der Waals surface area contributed by atoms with Gasteiger partial charge >= 0.3 is 0 Å². The average molecular weight is 378 g/mol. The number of nitrogens with zero attached hydrogens (tertiary/aromatic N) is 3. The fraction of sp³-hybridized carbons (Fsp3) is 0.286. The second-order valence-corrected chi connectivity index (χ2v) is 6.80. The molecule has 1 saturated heterocycles. The highest BCUT2D eigenvalue weighted by atomic mass is 16.5. The molecule has 1 N–H and O–H groups in total. The number of benzene rings is 2. The summed E-state index contributed by atoms with van der Waals surface area (Å²) < 4.78 is 5.14. The maximum Gasteiger partial charge on any atom is 0.253 e. The molecule has 4 rings (SSSR count). The third-order valence-corrected chi connectivity index (χ3v) is 5.07. The number of aromatic nitrogens is 2. The number of aromatic amines is 1. The zero-order valence-corrected chi connectivity index (χ0v) is 15.7. The number of carbonyl (C=O) groups excluding carboxylic acids is 2. The van der Waals surface area contributed by atoms with Crippen LogP contribution in [-0.2, 0) is 0 Å². The molecule has 2 amide bonds. The van der Waals surface area contributed by atoms with Crippen LogP contribution in [0.5, 0.6) is 5.75 Å². The van der Waals surface area contributed by atoms with Gasteiger partial charge in [-0.15, -0.1) is 0 Å². The summed E-state index contributed by atoms with van der Waals surface area (Å²) in [5.41, 5.74) is 2.94. The van der Waals surface area contributed by atoms with Gasteiger partial charge in [0.2, 0.25) is 0 Å². The monoisotopic (exact) mass is 378 g/mol. The molecule has 0 unspecified atom stereocenters. The molecule has 1 aliphatic rings. The predicted octanol–water partition coefficient (Wildman–Crippen LogP) is 2.56. The number of ether oxygens (including phenoxy) is 1. The Morgan fingerprint density at radius 3 is 2.25 bits per heavy atom. The molecule has 3 aromatic rings. The van der Waals surface area contributed by atoms with Crippen LogP contribution in [0.2, 0.25) is 0 Å². The van der Waals surface area contributed by atoms with Crippen molar-refractivity contribution < 1.29 is 14.3 Å². The lowest BCUT2D eigenvalue weighted by Gasteiger charge is -2.22. The van der Waals surface area contributed by atoms with Gasteiger partial charge in [-0.1, -0.05) is 0 Å². The SMILES string of the molecule is COc1ccc(C(=O)N2CCCN(C(=O)c3ccc4nc[nH]c4c3)CC2)cc1. The molecular weight excluding hydrogens is 356 g/mol. The van der Waals surface area contributed by atoms with E-state index in [9.17, 15) is 9.59 Å². The Kier molecular flexibility index (Phi) is 4.97. The first-order chi connectivity index (χ1) is 13.7. The summed E-state index contributed by atoms with van der Waals surface area (Å²) in [7, 11) is 1.60. The van der Waals surface area contributed by atoms with Crippen LogP contribution in [0.25, 0.3) is 11.0 Å². The number of carbonyl (C=O) groups is 2. The molecule has 1 fully saturated rings. The smallest absolute Gasteiger partial charge is 0.253 e. The van der Waals surface area contributed by atoms with Crippen LogP contribution in [0.15, 0.2) is 48.8 Å². The molecule has 1 aliphatic heterocycles. The summed E-state index contributed by atoms with van der Waals surface area (Å²) >= 11 is 0. The first kappa shape index (κ1) is 18.0. The van der Waals surface area contributed by atoms with Gasteiger partial charge in [0.1, 0.15) is 5.75 Å². The minimum absolute atomic E-state index is 0.0177. The summed E-state index contributed by atoms with van der Waals surface area (Å²) in [5, 5.41) is 0. The number of imidazole rings is 1. The molecule has 0 aliphatic carbocycles. The summed E-state index contributed by atoms with van der Waals surface area (Å²) in [5.74, 6) is 0.685. The molecule has 0 saturated carbocycles. The Hall–Kier alpha value is -3.35. The molecule has 0 atom stereocenters. The molecule has 28 heavy (non-hydrogen) atoms. The maximum absolute atomic E-state index is 12.9. The van der Waals surface area contributed by atoms with Crippen molar-refractivity contribution in [3.05, 3.63) is 59.9 Å². The lowest BCUT2D eigenvalue weighted by atomic mass is 10.1. The summed E-state index contributed by atoms with van der Waals surface area (Å²) in [6.07, 6.45) is 2.37. The van der Waals surface area contributed by atoms with E-state index in [1.165, 1.54) is 0 Å². The second-order valence-electron chi connectivity index (χ2n) is 6.80. The minimum Gasteiger partial charge on any atom is -0.497 e. The molecule has 7 heteroatoms. The lowest BCUT2D eigenvalue weighted by molar-refractivity contribution is 0.0719. The summed E-state index contributed by atoms with van der Waals surface area (Å²) in [6, 6.07) is 12.6. The number of H-pyrrole nitrogens is 1. The van der Waals surface area contributed by atoms with Crippen LogP contribution in [-0.4, -0.2) is 64.9 Å². The van der Waals surface area contributed by atoms with Gasteiger partial charge in [0.15, 0.2) is 0 Å². The Labute approximate surface area is 162 Å².